The minimum Gasteiger partial charge on any atom is -0.463 e. The highest BCUT2D eigenvalue weighted by Gasteiger charge is 2.03. The second-order valence-corrected chi connectivity index (χ2v) is 11.6. The summed E-state index contributed by atoms with van der Waals surface area (Å²) in [6.45, 7) is 15.4. The maximum atomic E-state index is 11.7. The Labute approximate surface area is 298 Å². The molecule has 0 aromatic rings. The Morgan fingerprint density at radius 3 is 0.857 bits per heavy atom. The zero-order chi connectivity index (χ0) is 35.4. The third kappa shape index (κ3) is 45.0. The molecule has 49 heavy (non-hydrogen) atoms. The first-order valence-electron chi connectivity index (χ1n) is 19.2. The summed E-state index contributed by atoms with van der Waals surface area (Å²) < 4.78 is 60.1. The van der Waals surface area contributed by atoms with Crippen LogP contribution in [0.4, 0.5) is 0 Å². The van der Waals surface area contributed by atoms with Gasteiger partial charge in [0.25, 0.3) is 0 Å². The third-order valence-corrected chi connectivity index (χ3v) is 7.22. The van der Waals surface area contributed by atoms with Gasteiger partial charge in [-0.25, -0.2) is 0 Å². The molecule has 0 radical (unpaired) electrons. The summed E-state index contributed by atoms with van der Waals surface area (Å²) in [5.41, 5.74) is 0. The molecule has 12 heteroatoms. The van der Waals surface area contributed by atoms with E-state index in [9.17, 15) is 4.79 Å². The van der Waals surface area contributed by atoms with Crippen LogP contribution in [0.1, 0.15) is 97.3 Å². The molecule has 0 heterocycles. The SMILES string of the molecule is CCCCCCCCCC(=O)OCCOCCOCCOCCOCCOCCOCCOCCOCCOCCOCCCCCCC. The van der Waals surface area contributed by atoms with Crippen LogP contribution in [0.3, 0.4) is 0 Å². The van der Waals surface area contributed by atoms with Crippen molar-refractivity contribution in [3.05, 3.63) is 0 Å². The van der Waals surface area contributed by atoms with E-state index in [0.29, 0.717) is 132 Å². The van der Waals surface area contributed by atoms with Gasteiger partial charge in [-0.3, -0.25) is 4.79 Å². The highest BCUT2D eigenvalue weighted by atomic mass is 16.6. The van der Waals surface area contributed by atoms with Crippen molar-refractivity contribution in [3.63, 3.8) is 0 Å². The molecule has 0 atom stereocenters. The van der Waals surface area contributed by atoms with Crippen LogP contribution in [0.15, 0.2) is 0 Å². The molecule has 0 aromatic heterocycles. The smallest absolute Gasteiger partial charge is 0.305 e. The minimum absolute atomic E-state index is 0.138. The lowest BCUT2D eigenvalue weighted by Gasteiger charge is -2.09. The number of hydrogen-bond acceptors (Lipinski definition) is 12. The van der Waals surface area contributed by atoms with E-state index in [-0.39, 0.29) is 12.6 Å². The Kier molecular flexibility index (Phi) is 44.2. The van der Waals surface area contributed by atoms with Crippen LogP contribution in [0.5, 0.6) is 0 Å². The zero-order valence-corrected chi connectivity index (χ0v) is 31.4. The van der Waals surface area contributed by atoms with Gasteiger partial charge in [-0.1, -0.05) is 78.1 Å². The van der Waals surface area contributed by atoms with Crippen molar-refractivity contribution in [1.82, 2.24) is 0 Å². The summed E-state index contributed by atoms with van der Waals surface area (Å²) in [7, 11) is 0. The molecular weight excluding hydrogens is 636 g/mol. The molecule has 0 N–H and O–H groups in total. The molecule has 0 aromatic carbocycles. The number of unbranched alkanes of at least 4 members (excludes halogenated alkanes) is 10. The molecule has 0 spiro atoms. The van der Waals surface area contributed by atoms with E-state index in [0.717, 1.165) is 25.9 Å². The van der Waals surface area contributed by atoms with Crippen LogP contribution in [0.2, 0.25) is 0 Å². The molecule has 12 nitrogen and oxygen atoms in total. The minimum atomic E-state index is -0.138. The summed E-state index contributed by atoms with van der Waals surface area (Å²) in [6, 6.07) is 0. The van der Waals surface area contributed by atoms with Gasteiger partial charge in [-0.2, -0.15) is 0 Å². The van der Waals surface area contributed by atoms with Crippen molar-refractivity contribution >= 4 is 5.97 Å². The average molecular weight is 711 g/mol. The highest BCUT2D eigenvalue weighted by molar-refractivity contribution is 5.69. The van der Waals surface area contributed by atoms with E-state index < -0.39 is 0 Å². The van der Waals surface area contributed by atoms with Crippen molar-refractivity contribution < 1.29 is 56.9 Å². The topological polar surface area (TPSA) is 119 Å². The van der Waals surface area contributed by atoms with Crippen LogP contribution in [0.25, 0.3) is 0 Å². The Bertz CT molecular complexity index is 614. The molecule has 294 valence electrons. The molecule has 0 saturated carbocycles. The van der Waals surface area contributed by atoms with E-state index in [1.54, 1.807) is 0 Å². The second-order valence-electron chi connectivity index (χ2n) is 11.6. The standard InChI is InChI=1S/C37H74O12/c1-3-5-7-9-10-11-13-15-37(38)49-36-35-48-34-33-47-32-31-46-30-29-45-28-27-44-26-25-43-24-23-42-22-21-41-20-19-40-18-17-39-16-14-12-8-6-4-2/h3-36H2,1-2H3. The molecule has 0 amide bonds. The highest BCUT2D eigenvalue weighted by Crippen LogP contribution is 2.08. The Morgan fingerprint density at radius 2 is 0.531 bits per heavy atom. The Morgan fingerprint density at radius 1 is 0.286 bits per heavy atom. The first kappa shape index (κ1) is 48.1. The molecule has 0 bridgehead atoms. The van der Waals surface area contributed by atoms with Gasteiger partial charge in [0, 0.05) is 13.0 Å². The number of hydrogen-bond donors (Lipinski definition) is 0. The van der Waals surface area contributed by atoms with E-state index in [2.05, 4.69) is 13.8 Å². The molecule has 0 saturated heterocycles. The molecule has 0 unspecified atom stereocenters. The second kappa shape index (κ2) is 45.1. The monoisotopic (exact) mass is 711 g/mol. The van der Waals surface area contributed by atoms with Gasteiger partial charge in [0.15, 0.2) is 0 Å². The van der Waals surface area contributed by atoms with Crippen molar-refractivity contribution in [2.45, 2.75) is 97.3 Å². The van der Waals surface area contributed by atoms with E-state index in [4.69, 9.17) is 52.1 Å². The number of ether oxygens (including phenoxy) is 11. The first-order valence-corrected chi connectivity index (χ1v) is 19.2. The fourth-order valence-corrected chi connectivity index (χ4v) is 4.40. The van der Waals surface area contributed by atoms with Crippen LogP contribution < -0.4 is 0 Å². The molecular formula is C37H74O12. The molecule has 0 fully saturated rings. The number of rotatable bonds is 44. The van der Waals surface area contributed by atoms with Crippen LogP contribution in [-0.4, -0.2) is 145 Å². The number of esters is 1. The Hall–Kier alpha value is -0.930. The summed E-state index contributed by atoms with van der Waals surface area (Å²) >= 11 is 0. The maximum absolute atomic E-state index is 11.7. The summed E-state index contributed by atoms with van der Waals surface area (Å²) in [6.07, 6.45) is 15.1. The van der Waals surface area contributed by atoms with Crippen molar-refractivity contribution in [3.8, 4) is 0 Å². The van der Waals surface area contributed by atoms with Gasteiger partial charge in [-0.15, -0.1) is 0 Å². The van der Waals surface area contributed by atoms with Crippen molar-refractivity contribution in [2.24, 2.45) is 0 Å². The lowest BCUT2D eigenvalue weighted by molar-refractivity contribution is -0.145. The summed E-state index contributed by atoms with van der Waals surface area (Å²) in [5, 5.41) is 0. The molecule has 0 aliphatic heterocycles. The molecule has 0 aliphatic rings. The van der Waals surface area contributed by atoms with Gasteiger partial charge in [0.2, 0.25) is 0 Å². The van der Waals surface area contributed by atoms with Gasteiger partial charge in [0.1, 0.15) is 6.61 Å². The van der Waals surface area contributed by atoms with Crippen LogP contribution >= 0.6 is 0 Å². The number of carbonyl (C=O) groups excluding carboxylic acids is 1. The van der Waals surface area contributed by atoms with Gasteiger partial charge in [0.05, 0.1) is 126 Å². The maximum Gasteiger partial charge on any atom is 0.305 e. The molecule has 0 rings (SSSR count). The molecule has 0 aliphatic carbocycles. The average Bonchev–Trinajstić information content (AvgIpc) is 3.11. The van der Waals surface area contributed by atoms with Gasteiger partial charge in [-0.05, 0) is 12.8 Å². The van der Waals surface area contributed by atoms with Gasteiger partial charge < -0.3 is 52.1 Å². The predicted octanol–water partition coefficient (Wildman–Crippen LogP) is 5.81. The zero-order valence-electron chi connectivity index (χ0n) is 31.4. The summed E-state index contributed by atoms with van der Waals surface area (Å²) in [4.78, 5) is 11.7. The quantitative estimate of drug-likeness (QED) is 0.0561. The first-order chi connectivity index (χ1) is 24.3. The van der Waals surface area contributed by atoms with E-state index in [1.807, 2.05) is 0 Å². The number of carbonyl (C=O) groups is 1. The van der Waals surface area contributed by atoms with Crippen LogP contribution in [-0.2, 0) is 56.9 Å². The summed E-state index contributed by atoms with van der Waals surface area (Å²) in [5.74, 6) is -0.138. The van der Waals surface area contributed by atoms with Crippen molar-refractivity contribution in [1.29, 1.82) is 0 Å². The largest absolute Gasteiger partial charge is 0.463 e. The predicted molar refractivity (Wildman–Crippen MR) is 191 cm³/mol. The normalized spacial score (nSPS) is 11.5. The lowest BCUT2D eigenvalue weighted by atomic mass is 10.1. The third-order valence-electron chi connectivity index (χ3n) is 7.22. The fourth-order valence-electron chi connectivity index (χ4n) is 4.40. The lowest BCUT2D eigenvalue weighted by Crippen LogP contribution is -2.15. The van der Waals surface area contributed by atoms with E-state index >= 15 is 0 Å². The van der Waals surface area contributed by atoms with Crippen molar-refractivity contribution in [2.75, 3.05) is 139 Å². The van der Waals surface area contributed by atoms with E-state index in [1.165, 1.54) is 57.8 Å². The Balaban J connectivity index is 3.09. The fraction of sp³-hybridized carbons (Fsp3) is 0.973. The van der Waals surface area contributed by atoms with Gasteiger partial charge >= 0.3 is 5.97 Å². The van der Waals surface area contributed by atoms with Crippen LogP contribution in [0, 0.1) is 0 Å².